The number of nitrogens with zero attached hydrogens (tertiary/aromatic N) is 1. The van der Waals surface area contributed by atoms with Crippen LogP contribution < -0.4 is 0 Å². The smallest absolute Gasteiger partial charge is 0.298 e. The first kappa shape index (κ1) is 32.3. The SMILES string of the molecule is CON=C[C@@H](F)[C@H](OCc1ccc(C)cc1)[C@@H](COCc1ccc(C)cc1)OS(=O)(=O)c1cc(Cl)c(Cl)cc1Cl. The maximum absolute atomic E-state index is 15.5. The topological polar surface area (TPSA) is 83.4 Å². The van der Waals surface area contributed by atoms with Crippen LogP contribution in [-0.4, -0.2) is 46.7 Å². The average molecular weight is 633 g/mol. The van der Waals surface area contributed by atoms with Crippen LogP contribution in [0.15, 0.2) is 70.7 Å². The highest BCUT2D eigenvalue weighted by molar-refractivity contribution is 7.87. The summed E-state index contributed by atoms with van der Waals surface area (Å²) in [6.07, 6.45) is -4.02. The molecule has 0 N–H and O–H groups in total. The summed E-state index contributed by atoms with van der Waals surface area (Å²) in [5.74, 6) is 0. The van der Waals surface area contributed by atoms with Crippen molar-refractivity contribution in [3.05, 3.63) is 98.0 Å². The van der Waals surface area contributed by atoms with Gasteiger partial charge in [-0.3, -0.25) is 4.18 Å². The molecule has 0 saturated heterocycles. The number of benzene rings is 3. The fourth-order valence-corrected chi connectivity index (χ4v) is 5.60. The van der Waals surface area contributed by atoms with E-state index in [4.69, 9.17) is 48.5 Å². The molecule has 0 bridgehead atoms. The van der Waals surface area contributed by atoms with Crippen LogP contribution in [0.4, 0.5) is 4.39 Å². The van der Waals surface area contributed by atoms with Gasteiger partial charge in [0.15, 0.2) is 6.17 Å². The summed E-state index contributed by atoms with van der Waals surface area (Å²) in [7, 11) is -3.34. The van der Waals surface area contributed by atoms with Gasteiger partial charge in [-0.1, -0.05) is 99.6 Å². The fraction of sp³-hybridized carbons (Fsp3) is 0.321. The number of hydrogen-bond donors (Lipinski definition) is 0. The summed E-state index contributed by atoms with van der Waals surface area (Å²) < 4.78 is 59.4. The van der Waals surface area contributed by atoms with Gasteiger partial charge in [0.2, 0.25) is 0 Å². The van der Waals surface area contributed by atoms with E-state index in [0.717, 1.165) is 34.5 Å². The molecule has 7 nitrogen and oxygen atoms in total. The van der Waals surface area contributed by atoms with Gasteiger partial charge >= 0.3 is 0 Å². The number of oxime groups is 1. The molecule has 216 valence electrons. The van der Waals surface area contributed by atoms with E-state index < -0.39 is 33.4 Å². The lowest BCUT2D eigenvalue weighted by Gasteiger charge is -2.28. The molecule has 0 unspecified atom stereocenters. The van der Waals surface area contributed by atoms with Crippen molar-refractivity contribution in [1.82, 2.24) is 0 Å². The van der Waals surface area contributed by atoms with Crippen LogP contribution >= 0.6 is 34.8 Å². The summed E-state index contributed by atoms with van der Waals surface area (Å²) in [5.41, 5.74) is 3.67. The van der Waals surface area contributed by atoms with E-state index >= 15 is 4.39 Å². The standard InChI is InChI=1S/C28H29Cl3FNO6S/c1-18-4-8-20(9-5-18)15-37-17-26(39-40(34,35)27-13-23(30)22(29)12-24(27)31)28(25(32)14-33-36-3)38-16-21-10-6-19(2)7-11-21/h4-14,25-26,28H,15-17H2,1-3H3/t25-,26-,28+/m1/s1. The molecule has 0 aliphatic rings. The lowest BCUT2D eigenvalue weighted by atomic mass is 10.1. The summed E-state index contributed by atoms with van der Waals surface area (Å²) in [6.45, 7) is 3.60. The van der Waals surface area contributed by atoms with Gasteiger partial charge in [-0.2, -0.15) is 8.42 Å². The van der Waals surface area contributed by atoms with Gasteiger partial charge in [-0.15, -0.1) is 0 Å². The largest absolute Gasteiger partial charge is 0.399 e. The Kier molecular flexibility index (Phi) is 12.2. The summed E-state index contributed by atoms with van der Waals surface area (Å²) in [6, 6.07) is 17.2. The zero-order valence-corrected chi connectivity index (χ0v) is 25.1. The highest BCUT2D eigenvalue weighted by Gasteiger charge is 2.36. The molecule has 0 aromatic heterocycles. The number of ether oxygens (including phenoxy) is 2. The molecule has 3 atom stereocenters. The first-order valence-electron chi connectivity index (χ1n) is 12.1. The van der Waals surface area contributed by atoms with E-state index in [1.165, 1.54) is 13.2 Å². The quantitative estimate of drug-likeness (QED) is 0.0815. The predicted molar refractivity (Wildman–Crippen MR) is 155 cm³/mol. The number of rotatable bonds is 14. The minimum atomic E-state index is -4.60. The summed E-state index contributed by atoms with van der Waals surface area (Å²) >= 11 is 18.2. The van der Waals surface area contributed by atoms with E-state index in [-0.39, 0.29) is 34.9 Å². The van der Waals surface area contributed by atoms with E-state index in [9.17, 15) is 8.42 Å². The van der Waals surface area contributed by atoms with Crippen LogP contribution in [0.2, 0.25) is 15.1 Å². The van der Waals surface area contributed by atoms with Crippen molar-refractivity contribution in [2.45, 2.75) is 50.3 Å². The Balaban J connectivity index is 1.92. The Morgan fingerprint density at radius 3 is 2.00 bits per heavy atom. The molecule has 3 rings (SSSR count). The molecule has 0 spiro atoms. The molecule has 3 aromatic carbocycles. The van der Waals surface area contributed by atoms with Gasteiger partial charge in [-0.05, 0) is 37.1 Å². The molecule has 0 radical (unpaired) electrons. The maximum atomic E-state index is 15.5. The molecule has 0 saturated carbocycles. The third-order valence-corrected chi connectivity index (χ3v) is 8.24. The van der Waals surface area contributed by atoms with Gasteiger partial charge in [0.25, 0.3) is 10.1 Å². The molecule has 0 heterocycles. The Bertz CT molecular complexity index is 1390. The normalized spacial score (nSPS) is 14.3. The second-order valence-corrected chi connectivity index (χ2v) is 11.7. The third kappa shape index (κ3) is 9.41. The minimum absolute atomic E-state index is 0.0441. The molecule has 40 heavy (non-hydrogen) atoms. The van der Waals surface area contributed by atoms with E-state index in [1.807, 2.05) is 62.4 Å². The zero-order valence-electron chi connectivity index (χ0n) is 22.0. The Labute approximate surface area is 248 Å². The second-order valence-electron chi connectivity index (χ2n) is 8.93. The second kappa shape index (κ2) is 15.1. The van der Waals surface area contributed by atoms with E-state index in [1.54, 1.807) is 0 Å². The first-order chi connectivity index (χ1) is 19.0. The predicted octanol–water partition coefficient (Wildman–Crippen LogP) is 7.11. The first-order valence-corrected chi connectivity index (χ1v) is 14.6. The number of halogens is 4. The highest BCUT2D eigenvalue weighted by Crippen LogP contribution is 2.33. The van der Waals surface area contributed by atoms with Crippen molar-refractivity contribution in [3.8, 4) is 0 Å². The van der Waals surface area contributed by atoms with Gasteiger partial charge in [-0.25, -0.2) is 4.39 Å². The van der Waals surface area contributed by atoms with Crippen LogP contribution in [0.3, 0.4) is 0 Å². The van der Waals surface area contributed by atoms with Crippen molar-refractivity contribution in [2.75, 3.05) is 13.7 Å². The molecule has 0 aliphatic carbocycles. The van der Waals surface area contributed by atoms with Crippen LogP contribution in [0, 0.1) is 13.8 Å². The van der Waals surface area contributed by atoms with Crippen LogP contribution in [-0.2, 0) is 41.8 Å². The van der Waals surface area contributed by atoms with Gasteiger partial charge in [0, 0.05) is 0 Å². The number of alkyl halides is 1. The molecular formula is C28H29Cl3FNO6S. The molecule has 0 fully saturated rings. The van der Waals surface area contributed by atoms with E-state index in [2.05, 4.69) is 9.99 Å². The Morgan fingerprint density at radius 2 is 1.43 bits per heavy atom. The summed E-state index contributed by atoms with van der Waals surface area (Å²) in [5, 5.41) is 3.28. The lowest BCUT2D eigenvalue weighted by molar-refractivity contribution is -0.0854. The van der Waals surface area contributed by atoms with Gasteiger partial charge < -0.3 is 14.3 Å². The minimum Gasteiger partial charge on any atom is -0.399 e. The zero-order chi connectivity index (χ0) is 29.3. The van der Waals surface area contributed by atoms with Crippen molar-refractivity contribution < 1.29 is 31.3 Å². The summed E-state index contributed by atoms with van der Waals surface area (Å²) in [4.78, 5) is 4.18. The monoisotopic (exact) mass is 631 g/mol. The van der Waals surface area contributed by atoms with Crippen molar-refractivity contribution in [3.63, 3.8) is 0 Å². The maximum Gasteiger partial charge on any atom is 0.298 e. The Morgan fingerprint density at radius 1 is 0.875 bits per heavy atom. The third-order valence-electron chi connectivity index (χ3n) is 5.72. The highest BCUT2D eigenvalue weighted by atomic mass is 35.5. The number of aryl methyl sites for hydroxylation is 2. The fourth-order valence-electron chi connectivity index (χ4n) is 3.55. The van der Waals surface area contributed by atoms with Crippen LogP contribution in [0.25, 0.3) is 0 Å². The van der Waals surface area contributed by atoms with Gasteiger partial charge in [0.05, 0.1) is 41.1 Å². The molecule has 0 amide bonds. The molecular weight excluding hydrogens is 604 g/mol. The molecule has 3 aromatic rings. The molecule has 0 aliphatic heterocycles. The lowest BCUT2D eigenvalue weighted by Crippen LogP contribution is -2.44. The van der Waals surface area contributed by atoms with Crippen LogP contribution in [0.5, 0.6) is 0 Å². The van der Waals surface area contributed by atoms with Crippen molar-refractivity contribution >= 4 is 51.1 Å². The average Bonchev–Trinajstić information content (AvgIpc) is 2.91. The van der Waals surface area contributed by atoms with Crippen molar-refractivity contribution in [2.24, 2.45) is 5.16 Å². The molecule has 12 heteroatoms. The van der Waals surface area contributed by atoms with Gasteiger partial charge in [0.1, 0.15) is 24.2 Å². The van der Waals surface area contributed by atoms with Crippen molar-refractivity contribution in [1.29, 1.82) is 0 Å². The number of hydrogen-bond acceptors (Lipinski definition) is 7. The van der Waals surface area contributed by atoms with Crippen LogP contribution in [0.1, 0.15) is 22.3 Å². The van der Waals surface area contributed by atoms with E-state index in [0.29, 0.717) is 0 Å². The Hall–Kier alpha value is -2.24.